The van der Waals surface area contributed by atoms with E-state index in [9.17, 15) is 4.79 Å². The fourth-order valence-electron chi connectivity index (χ4n) is 2.74. The first-order chi connectivity index (χ1) is 12.2. The van der Waals surface area contributed by atoms with Crippen molar-refractivity contribution in [2.24, 2.45) is 7.05 Å². The molecule has 1 aliphatic carbocycles. The van der Waals surface area contributed by atoms with E-state index in [0.29, 0.717) is 23.9 Å². The highest BCUT2D eigenvalue weighted by Crippen LogP contribution is 2.42. The lowest BCUT2D eigenvalue weighted by Crippen LogP contribution is -2.19. The third kappa shape index (κ3) is 3.65. The topological polar surface area (TPSA) is 113 Å². The predicted octanol–water partition coefficient (Wildman–Crippen LogP) is 2.05. The summed E-state index contributed by atoms with van der Waals surface area (Å²) in [5.41, 5.74) is 3.42. The maximum atomic E-state index is 12.3. The Bertz CT molecular complexity index is 881. The summed E-state index contributed by atoms with van der Waals surface area (Å²) >= 11 is 0. The molecular weight excluding hydrogens is 320 g/mol. The number of amides is 2. The number of carbonyl (C=O) groups is 1. The van der Waals surface area contributed by atoms with Gasteiger partial charge in [0.25, 0.3) is 0 Å². The van der Waals surface area contributed by atoms with Gasteiger partial charge in [-0.05, 0) is 30.5 Å². The molecule has 0 radical (unpaired) electrons. The maximum Gasteiger partial charge on any atom is 0.323 e. The Morgan fingerprint density at radius 2 is 2.24 bits per heavy atom. The van der Waals surface area contributed by atoms with Crippen LogP contribution >= 0.6 is 0 Å². The normalized spacial score (nSPS) is 13.6. The Morgan fingerprint density at radius 3 is 3.00 bits per heavy atom. The zero-order valence-electron chi connectivity index (χ0n) is 13.7. The van der Waals surface area contributed by atoms with E-state index >= 15 is 0 Å². The number of aromatic amines is 1. The smallest absolute Gasteiger partial charge is 0.308 e. The second kappa shape index (κ2) is 6.34. The van der Waals surface area contributed by atoms with E-state index in [0.717, 1.165) is 29.8 Å². The van der Waals surface area contributed by atoms with Crippen LogP contribution in [-0.2, 0) is 13.5 Å². The summed E-state index contributed by atoms with van der Waals surface area (Å²) in [6.07, 6.45) is 4.64. The fourth-order valence-corrected chi connectivity index (χ4v) is 2.74. The average molecular weight is 338 g/mol. The first-order valence-electron chi connectivity index (χ1n) is 8.10. The Hall–Kier alpha value is -3.23. The Balaban J connectivity index is 1.42. The molecule has 1 aromatic carbocycles. The molecule has 0 bridgehead atoms. The van der Waals surface area contributed by atoms with Crippen LogP contribution in [0.15, 0.2) is 30.5 Å². The van der Waals surface area contributed by atoms with Crippen molar-refractivity contribution >= 4 is 17.4 Å². The number of aromatic nitrogens is 6. The van der Waals surface area contributed by atoms with Crippen molar-refractivity contribution in [2.75, 3.05) is 10.6 Å². The summed E-state index contributed by atoms with van der Waals surface area (Å²) in [5.74, 6) is 1.07. The van der Waals surface area contributed by atoms with Gasteiger partial charge in [0.1, 0.15) is 0 Å². The SMILES string of the molecule is Cn1cc(NC(=O)Nc2cccc(Cc3nn[nH]n3)c2)c(C2CC2)n1. The van der Waals surface area contributed by atoms with Crippen molar-refractivity contribution in [1.29, 1.82) is 0 Å². The van der Waals surface area contributed by atoms with Crippen LogP contribution in [0.4, 0.5) is 16.2 Å². The van der Waals surface area contributed by atoms with Crippen LogP contribution < -0.4 is 10.6 Å². The molecule has 128 valence electrons. The van der Waals surface area contributed by atoms with E-state index in [1.54, 1.807) is 4.68 Å². The van der Waals surface area contributed by atoms with Gasteiger partial charge >= 0.3 is 6.03 Å². The minimum absolute atomic E-state index is 0.286. The van der Waals surface area contributed by atoms with E-state index in [1.165, 1.54) is 0 Å². The van der Waals surface area contributed by atoms with Gasteiger partial charge in [-0.3, -0.25) is 4.68 Å². The number of aryl methyl sites for hydroxylation is 1. The monoisotopic (exact) mass is 338 g/mol. The second-order valence-electron chi connectivity index (χ2n) is 6.16. The molecule has 1 fully saturated rings. The Morgan fingerprint density at radius 1 is 1.36 bits per heavy atom. The molecule has 9 nitrogen and oxygen atoms in total. The first-order valence-corrected chi connectivity index (χ1v) is 8.10. The molecule has 0 unspecified atom stereocenters. The van der Waals surface area contributed by atoms with Crippen molar-refractivity contribution < 1.29 is 4.79 Å². The van der Waals surface area contributed by atoms with Crippen molar-refractivity contribution in [3.63, 3.8) is 0 Å². The molecule has 2 heterocycles. The van der Waals surface area contributed by atoms with Crippen LogP contribution in [0.5, 0.6) is 0 Å². The van der Waals surface area contributed by atoms with Gasteiger partial charge in [0.2, 0.25) is 0 Å². The molecule has 0 saturated heterocycles. The first kappa shape index (κ1) is 15.3. The van der Waals surface area contributed by atoms with Gasteiger partial charge in [-0.25, -0.2) is 4.79 Å². The quantitative estimate of drug-likeness (QED) is 0.659. The predicted molar refractivity (Wildman–Crippen MR) is 91.3 cm³/mol. The summed E-state index contributed by atoms with van der Waals surface area (Å²) in [4.78, 5) is 12.3. The number of nitrogens with zero attached hydrogens (tertiary/aromatic N) is 5. The van der Waals surface area contributed by atoms with Crippen molar-refractivity contribution in [1.82, 2.24) is 30.4 Å². The summed E-state index contributed by atoms with van der Waals surface area (Å²) < 4.78 is 1.73. The fraction of sp³-hybridized carbons (Fsp3) is 0.312. The second-order valence-corrected chi connectivity index (χ2v) is 6.16. The van der Waals surface area contributed by atoms with Crippen molar-refractivity contribution in [2.45, 2.75) is 25.2 Å². The van der Waals surface area contributed by atoms with Crippen LogP contribution in [0.2, 0.25) is 0 Å². The lowest BCUT2D eigenvalue weighted by Gasteiger charge is -2.08. The van der Waals surface area contributed by atoms with E-state index in [-0.39, 0.29) is 6.03 Å². The van der Waals surface area contributed by atoms with Crippen LogP contribution in [0.25, 0.3) is 0 Å². The largest absolute Gasteiger partial charge is 0.323 e. The lowest BCUT2D eigenvalue weighted by molar-refractivity contribution is 0.262. The minimum atomic E-state index is -0.286. The van der Waals surface area contributed by atoms with E-state index in [2.05, 4.69) is 36.4 Å². The third-order valence-electron chi connectivity index (χ3n) is 4.01. The van der Waals surface area contributed by atoms with E-state index < -0.39 is 0 Å². The van der Waals surface area contributed by atoms with Gasteiger partial charge < -0.3 is 10.6 Å². The number of H-pyrrole nitrogens is 1. The molecule has 2 aromatic heterocycles. The number of nitrogens with one attached hydrogen (secondary N) is 3. The lowest BCUT2D eigenvalue weighted by atomic mass is 10.1. The summed E-state index contributed by atoms with van der Waals surface area (Å²) in [7, 11) is 1.86. The zero-order valence-corrected chi connectivity index (χ0v) is 13.7. The minimum Gasteiger partial charge on any atom is -0.308 e. The van der Waals surface area contributed by atoms with Gasteiger partial charge in [-0.15, -0.1) is 10.2 Å². The number of carbonyl (C=O) groups excluding carboxylic acids is 1. The van der Waals surface area contributed by atoms with Crippen LogP contribution in [0.3, 0.4) is 0 Å². The highest BCUT2D eigenvalue weighted by molar-refractivity contribution is 6.00. The van der Waals surface area contributed by atoms with E-state index in [4.69, 9.17) is 0 Å². The molecular formula is C16H18N8O. The zero-order chi connectivity index (χ0) is 17.2. The summed E-state index contributed by atoms with van der Waals surface area (Å²) in [6, 6.07) is 7.27. The van der Waals surface area contributed by atoms with Crippen molar-refractivity contribution in [3.05, 3.63) is 47.5 Å². The maximum absolute atomic E-state index is 12.3. The van der Waals surface area contributed by atoms with Gasteiger partial charge in [0.15, 0.2) is 5.82 Å². The molecule has 1 aliphatic rings. The Labute approximate surface area is 143 Å². The average Bonchev–Trinajstić information content (AvgIpc) is 3.17. The van der Waals surface area contributed by atoms with Crippen molar-refractivity contribution in [3.8, 4) is 0 Å². The summed E-state index contributed by atoms with van der Waals surface area (Å²) in [5, 5.41) is 24.0. The molecule has 2 amide bonds. The number of hydrogen-bond acceptors (Lipinski definition) is 5. The van der Waals surface area contributed by atoms with Crippen LogP contribution in [-0.4, -0.2) is 36.4 Å². The highest BCUT2D eigenvalue weighted by Gasteiger charge is 2.29. The number of rotatable bonds is 5. The van der Waals surface area contributed by atoms with Gasteiger partial charge in [-0.1, -0.05) is 17.3 Å². The number of tetrazole rings is 1. The molecule has 0 spiro atoms. The molecule has 4 rings (SSSR count). The number of benzene rings is 1. The summed E-state index contributed by atoms with van der Waals surface area (Å²) in [6.45, 7) is 0. The number of anilines is 2. The molecule has 3 N–H and O–H groups in total. The van der Waals surface area contributed by atoms with E-state index in [1.807, 2.05) is 37.5 Å². The van der Waals surface area contributed by atoms with Crippen LogP contribution in [0.1, 0.15) is 35.8 Å². The standard InChI is InChI=1S/C16H18N8O/c1-24-9-13(15(21-24)11-5-6-11)18-16(25)17-12-4-2-3-10(7-12)8-14-19-22-23-20-14/h2-4,7,9,11H,5-6,8H2,1H3,(H2,17,18,25)(H,19,20,22,23). The number of hydrogen-bond donors (Lipinski definition) is 3. The van der Waals surface area contributed by atoms with Gasteiger partial charge in [0, 0.05) is 31.3 Å². The molecule has 9 heteroatoms. The Kier molecular flexibility index (Phi) is 3.88. The van der Waals surface area contributed by atoms with Gasteiger partial charge in [-0.2, -0.15) is 10.3 Å². The molecule has 0 aliphatic heterocycles. The molecule has 25 heavy (non-hydrogen) atoms. The molecule has 0 atom stereocenters. The number of urea groups is 1. The third-order valence-corrected chi connectivity index (χ3v) is 4.01. The molecule has 1 saturated carbocycles. The van der Waals surface area contributed by atoms with Gasteiger partial charge in [0.05, 0.1) is 11.4 Å². The van der Waals surface area contributed by atoms with Crippen LogP contribution in [0, 0.1) is 0 Å². The highest BCUT2D eigenvalue weighted by atomic mass is 16.2. The molecule has 3 aromatic rings.